The lowest BCUT2D eigenvalue weighted by atomic mass is 10.3. The van der Waals surface area contributed by atoms with Gasteiger partial charge in [0.15, 0.2) is 5.75 Å². The van der Waals surface area contributed by atoms with Gasteiger partial charge in [0.1, 0.15) is 11.5 Å². The molecule has 0 saturated carbocycles. The summed E-state index contributed by atoms with van der Waals surface area (Å²) in [5.74, 6) is 0.518. The zero-order chi connectivity index (χ0) is 16.4. The van der Waals surface area contributed by atoms with Crippen LogP contribution in [0.1, 0.15) is 16.3 Å². The number of para-hydroxylation sites is 2. The summed E-state index contributed by atoms with van der Waals surface area (Å²) in [6, 6.07) is 8.95. The molecule has 0 radical (unpaired) electrons. The van der Waals surface area contributed by atoms with E-state index < -0.39 is 0 Å². The molecule has 0 aliphatic carbocycles. The Balaban J connectivity index is 1.77. The van der Waals surface area contributed by atoms with Gasteiger partial charge in [-0.2, -0.15) is 0 Å². The van der Waals surface area contributed by atoms with Crippen LogP contribution >= 0.6 is 0 Å². The Hall–Kier alpha value is -3.09. The number of nitrogens with one attached hydrogen (secondary N) is 2. The molecule has 2 heterocycles. The third-order valence-electron chi connectivity index (χ3n) is 3.63. The predicted octanol–water partition coefficient (Wildman–Crippen LogP) is 1.20. The molecule has 0 fully saturated rings. The van der Waals surface area contributed by atoms with E-state index >= 15 is 0 Å². The fourth-order valence-corrected chi connectivity index (χ4v) is 2.36. The molecule has 118 valence electrons. The lowest BCUT2D eigenvalue weighted by Gasteiger charge is -2.06. The van der Waals surface area contributed by atoms with Crippen LogP contribution in [0.15, 0.2) is 41.3 Å². The van der Waals surface area contributed by atoms with Crippen molar-refractivity contribution in [1.82, 2.24) is 19.9 Å². The van der Waals surface area contributed by atoms with E-state index in [9.17, 15) is 9.59 Å². The SMILES string of the molecule is COc1c[nH]c(C(=O)NCc2nc3ccccc3n2C)cc1=O. The number of amides is 1. The standard InChI is InChI=1S/C16H16N4O3/c1-20-12-6-4-3-5-10(12)19-15(20)9-18-16(22)11-7-13(21)14(23-2)8-17-11/h3-8H,9H2,1-2H3,(H,17,21)(H,18,22). The summed E-state index contributed by atoms with van der Waals surface area (Å²) in [6.07, 6.45) is 1.37. The Morgan fingerprint density at radius 1 is 1.39 bits per heavy atom. The Bertz CT molecular complexity index is 926. The summed E-state index contributed by atoms with van der Waals surface area (Å²) in [4.78, 5) is 31.0. The van der Waals surface area contributed by atoms with Crippen LogP contribution in [0.4, 0.5) is 0 Å². The lowest BCUT2D eigenvalue weighted by Crippen LogP contribution is -2.26. The van der Waals surface area contributed by atoms with E-state index in [0.717, 1.165) is 16.9 Å². The van der Waals surface area contributed by atoms with Crippen LogP contribution in [-0.4, -0.2) is 27.6 Å². The van der Waals surface area contributed by atoms with Gasteiger partial charge in [0.25, 0.3) is 5.91 Å². The smallest absolute Gasteiger partial charge is 0.268 e. The zero-order valence-electron chi connectivity index (χ0n) is 12.8. The van der Waals surface area contributed by atoms with E-state index in [0.29, 0.717) is 0 Å². The largest absolute Gasteiger partial charge is 0.491 e. The lowest BCUT2D eigenvalue weighted by molar-refractivity contribution is 0.0944. The molecule has 0 aliphatic rings. The number of ether oxygens (including phenoxy) is 1. The highest BCUT2D eigenvalue weighted by atomic mass is 16.5. The number of rotatable bonds is 4. The minimum Gasteiger partial charge on any atom is -0.491 e. The van der Waals surface area contributed by atoms with Gasteiger partial charge in [-0.3, -0.25) is 9.59 Å². The van der Waals surface area contributed by atoms with Gasteiger partial charge in [0.05, 0.1) is 24.7 Å². The second kappa shape index (κ2) is 5.96. The fraction of sp³-hybridized carbons (Fsp3) is 0.188. The number of hydrogen-bond acceptors (Lipinski definition) is 4. The van der Waals surface area contributed by atoms with Crippen molar-refractivity contribution in [3.05, 3.63) is 58.3 Å². The molecule has 0 atom stereocenters. The van der Waals surface area contributed by atoms with Gasteiger partial charge >= 0.3 is 0 Å². The molecule has 23 heavy (non-hydrogen) atoms. The number of aromatic nitrogens is 3. The van der Waals surface area contributed by atoms with Crippen molar-refractivity contribution in [2.75, 3.05) is 7.11 Å². The Kier molecular flexibility index (Phi) is 3.84. The minimum absolute atomic E-state index is 0.164. The number of pyridine rings is 1. The van der Waals surface area contributed by atoms with Gasteiger partial charge in [0, 0.05) is 19.3 Å². The number of H-pyrrole nitrogens is 1. The number of fused-ring (bicyclic) bond motifs is 1. The summed E-state index contributed by atoms with van der Waals surface area (Å²) in [5, 5.41) is 2.75. The van der Waals surface area contributed by atoms with E-state index in [1.807, 2.05) is 35.9 Å². The summed E-state index contributed by atoms with van der Waals surface area (Å²) in [6.45, 7) is 0.262. The molecule has 1 amide bonds. The summed E-state index contributed by atoms with van der Waals surface area (Å²) < 4.78 is 6.79. The van der Waals surface area contributed by atoms with E-state index in [2.05, 4.69) is 15.3 Å². The van der Waals surface area contributed by atoms with Gasteiger partial charge in [-0.05, 0) is 12.1 Å². The first kappa shape index (κ1) is 14.8. The number of carbonyl (C=O) groups excluding carboxylic acids is 1. The molecule has 1 aromatic carbocycles. The molecule has 0 aliphatic heterocycles. The maximum Gasteiger partial charge on any atom is 0.268 e. The number of methoxy groups -OCH3 is 1. The fourth-order valence-electron chi connectivity index (χ4n) is 2.36. The Morgan fingerprint density at radius 2 is 2.17 bits per heavy atom. The van der Waals surface area contributed by atoms with E-state index in [-0.39, 0.29) is 29.3 Å². The van der Waals surface area contributed by atoms with Crippen molar-refractivity contribution in [2.24, 2.45) is 7.05 Å². The van der Waals surface area contributed by atoms with Crippen molar-refractivity contribution in [2.45, 2.75) is 6.54 Å². The number of aryl methyl sites for hydroxylation is 1. The Labute approximate surface area is 131 Å². The molecule has 0 unspecified atom stereocenters. The molecular weight excluding hydrogens is 296 g/mol. The third-order valence-corrected chi connectivity index (χ3v) is 3.63. The van der Waals surface area contributed by atoms with Crippen LogP contribution in [-0.2, 0) is 13.6 Å². The summed E-state index contributed by atoms with van der Waals surface area (Å²) in [7, 11) is 3.29. The maximum atomic E-state index is 12.1. The third kappa shape index (κ3) is 2.80. The average Bonchev–Trinajstić information content (AvgIpc) is 2.89. The van der Waals surface area contributed by atoms with Gasteiger partial charge in [-0.15, -0.1) is 0 Å². The molecule has 7 heteroatoms. The van der Waals surface area contributed by atoms with Crippen LogP contribution in [0.25, 0.3) is 11.0 Å². The second-order valence-electron chi connectivity index (χ2n) is 5.04. The number of hydrogen-bond donors (Lipinski definition) is 2. The average molecular weight is 312 g/mol. The van der Waals surface area contributed by atoms with Crippen molar-refractivity contribution in [3.63, 3.8) is 0 Å². The molecule has 2 N–H and O–H groups in total. The van der Waals surface area contributed by atoms with Crippen LogP contribution in [0.5, 0.6) is 5.75 Å². The van der Waals surface area contributed by atoms with Crippen LogP contribution in [0, 0.1) is 0 Å². The highest BCUT2D eigenvalue weighted by Gasteiger charge is 2.11. The molecule has 7 nitrogen and oxygen atoms in total. The van der Waals surface area contributed by atoms with E-state index in [1.165, 1.54) is 19.4 Å². The van der Waals surface area contributed by atoms with E-state index in [1.54, 1.807) is 0 Å². The highest BCUT2D eigenvalue weighted by Crippen LogP contribution is 2.14. The second-order valence-corrected chi connectivity index (χ2v) is 5.04. The monoisotopic (exact) mass is 312 g/mol. The number of nitrogens with zero attached hydrogens (tertiary/aromatic N) is 2. The van der Waals surface area contributed by atoms with Crippen LogP contribution < -0.4 is 15.5 Å². The van der Waals surface area contributed by atoms with Gasteiger partial charge < -0.3 is 19.6 Å². The molecule has 0 spiro atoms. The number of imidazole rings is 1. The maximum absolute atomic E-state index is 12.1. The van der Waals surface area contributed by atoms with Crippen molar-refractivity contribution < 1.29 is 9.53 Å². The van der Waals surface area contributed by atoms with Gasteiger partial charge in [-0.1, -0.05) is 12.1 Å². The zero-order valence-corrected chi connectivity index (χ0v) is 12.8. The van der Waals surface area contributed by atoms with Crippen LogP contribution in [0.3, 0.4) is 0 Å². The number of benzene rings is 1. The quantitative estimate of drug-likeness (QED) is 0.757. The summed E-state index contributed by atoms with van der Waals surface area (Å²) in [5.41, 5.74) is 1.69. The van der Waals surface area contributed by atoms with Crippen molar-refractivity contribution in [1.29, 1.82) is 0 Å². The molecule has 2 aromatic heterocycles. The minimum atomic E-state index is -0.378. The molecule has 3 aromatic rings. The van der Waals surface area contributed by atoms with Gasteiger partial charge in [-0.25, -0.2) is 4.98 Å². The normalized spacial score (nSPS) is 10.7. The highest BCUT2D eigenvalue weighted by molar-refractivity contribution is 5.92. The van der Waals surface area contributed by atoms with Crippen LogP contribution in [0.2, 0.25) is 0 Å². The first-order chi connectivity index (χ1) is 11.1. The van der Waals surface area contributed by atoms with E-state index in [4.69, 9.17) is 4.74 Å². The number of aromatic amines is 1. The molecule has 3 rings (SSSR count). The van der Waals surface area contributed by atoms with Gasteiger partial charge in [0.2, 0.25) is 5.43 Å². The first-order valence-electron chi connectivity index (χ1n) is 7.05. The molecule has 0 saturated heterocycles. The molecule has 0 bridgehead atoms. The number of carbonyl (C=O) groups is 1. The predicted molar refractivity (Wildman–Crippen MR) is 85.5 cm³/mol. The van der Waals surface area contributed by atoms with Crippen molar-refractivity contribution in [3.8, 4) is 5.75 Å². The first-order valence-corrected chi connectivity index (χ1v) is 7.05. The summed E-state index contributed by atoms with van der Waals surface area (Å²) >= 11 is 0. The molecular formula is C16H16N4O3. The topological polar surface area (TPSA) is 89.0 Å². The Morgan fingerprint density at radius 3 is 2.87 bits per heavy atom. The van der Waals surface area contributed by atoms with Crippen molar-refractivity contribution >= 4 is 16.9 Å².